The standard InChI is InChI=1S/C17H21NO2/c1-3-9-19-15-10-14(18)11-16(12-15)20-17-8-6-5-7-13(17)4-2/h5-8,10-12H,3-4,9,18H2,1-2H3. The van der Waals surface area contributed by atoms with E-state index in [0.29, 0.717) is 18.0 Å². The Labute approximate surface area is 120 Å². The first-order valence-corrected chi connectivity index (χ1v) is 7.02. The molecule has 2 aromatic carbocycles. The van der Waals surface area contributed by atoms with Gasteiger partial charge in [0.15, 0.2) is 0 Å². The van der Waals surface area contributed by atoms with E-state index >= 15 is 0 Å². The maximum absolute atomic E-state index is 5.94. The van der Waals surface area contributed by atoms with Gasteiger partial charge in [-0.2, -0.15) is 0 Å². The molecule has 0 unspecified atom stereocenters. The summed E-state index contributed by atoms with van der Waals surface area (Å²) >= 11 is 0. The molecule has 2 aromatic rings. The van der Waals surface area contributed by atoms with Gasteiger partial charge in [-0.05, 0) is 24.5 Å². The summed E-state index contributed by atoms with van der Waals surface area (Å²) in [6.07, 6.45) is 1.89. The van der Waals surface area contributed by atoms with Crippen LogP contribution in [0.4, 0.5) is 5.69 Å². The van der Waals surface area contributed by atoms with Crippen LogP contribution in [-0.2, 0) is 6.42 Å². The third-order valence-corrected chi connectivity index (χ3v) is 2.96. The maximum Gasteiger partial charge on any atom is 0.133 e. The van der Waals surface area contributed by atoms with Crippen LogP contribution >= 0.6 is 0 Å². The highest BCUT2D eigenvalue weighted by molar-refractivity contribution is 5.52. The molecule has 3 heteroatoms. The van der Waals surface area contributed by atoms with Gasteiger partial charge in [0.25, 0.3) is 0 Å². The Balaban J connectivity index is 2.22. The van der Waals surface area contributed by atoms with Crippen molar-refractivity contribution < 1.29 is 9.47 Å². The second-order valence-electron chi connectivity index (χ2n) is 4.65. The average Bonchev–Trinajstić information content (AvgIpc) is 2.45. The minimum atomic E-state index is 0.641. The van der Waals surface area contributed by atoms with Crippen LogP contribution in [0.15, 0.2) is 42.5 Å². The van der Waals surface area contributed by atoms with Crippen molar-refractivity contribution >= 4 is 5.69 Å². The molecule has 0 bridgehead atoms. The zero-order valence-electron chi connectivity index (χ0n) is 12.1. The van der Waals surface area contributed by atoms with Gasteiger partial charge in [-0.25, -0.2) is 0 Å². The number of nitrogen functional groups attached to an aromatic ring is 1. The van der Waals surface area contributed by atoms with Crippen molar-refractivity contribution in [3.05, 3.63) is 48.0 Å². The molecular weight excluding hydrogens is 250 g/mol. The van der Waals surface area contributed by atoms with E-state index in [9.17, 15) is 0 Å². The summed E-state index contributed by atoms with van der Waals surface area (Å²) in [7, 11) is 0. The lowest BCUT2D eigenvalue weighted by atomic mass is 10.1. The van der Waals surface area contributed by atoms with Crippen LogP contribution in [0.2, 0.25) is 0 Å². The molecule has 0 saturated heterocycles. The van der Waals surface area contributed by atoms with Crippen LogP contribution in [0.5, 0.6) is 17.2 Å². The summed E-state index contributed by atoms with van der Waals surface area (Å²) in [5.41, 5.74) is 7.71. The van der Waals surface area contributed by atoms with Crippen LogP contribution in [0, 0.1) is 0 Å². The maximum atomic E-state index is 5.94. The highest BCUT2D eigenvalue weighted by atomic mass is 16.5. The first-order valence-electron chi connectivity index (χ1n) is 7.02. The third kappa shape index (κ3) is 3.67. The Morgan fingerprint density at radius 3 is 2.50 bits per heavy atom. The van der Waals surface area contributed by atoms with Crippen LogP contribution in [0.25, 0.3) is 0 Å². The zero-order chi connectivity index (χ0) is 14.4. The monoisotopic (exact) mass is 271 g/mol. The van der Waals surface area contributed by atoms with E-state index in [2.05, 4.69) is 19.9 Å². The number of hydrogen-bond acceptors (Lipinski definition) is 3. The van der Waals surface area contributed by atoms with E-state index in [0.717, 1.165) is 24.3 Å². The summed E-state index contributed by atoms with van der Waals surface area (Å²) in [6.45, 7) is 4.85. The Hall–Kier alpha value is -2.16. The molecule has 3 nitrogen and oxygen atoms in total. The number of benzene rings is 2. The first kappa shape index (κ1) is 14.3. The number of ether oxygens (including phenoxy) is 2. The van der Waals surface area contributed by atoms with Crippen molar-refractivity contribution in [3.63, 3.8) is 0 Å². The van der Waals surface area contributed by atoms with Crippen molar-refractivity contribution in [2.24, 2.45) is 0 Å². The summed E-state index contributed by atoms with van der Waals surface area (Å²) in [5, 5.41) is 0. The molecule has 2 N–H and O–H groups in total. The van der Waals surface area contributed by atoms with Gasteiger partial charge in [-0.3, -0.25) is 0 Å². The fraction of sp³-hybridized carbons (Fsp3) is 0.294. The molecule has 0 aromatic heterocycles. The summed E-state index contributed by atoms with van der Waals surface area (Å²) in [6, 6.07) is 13.5. The zero-order valence-corrected chi connectivity index (χ0v) is 12.1. The fourth-order valence-electron chi connectivity index (χ4n) is 1.98. The molecule has 2 rings (SSSR count). The molecule has 0 radical (unpaired) electrons. The number of para-hydroxylation sites is 1. The molecule has 0 aliphatic rings. The number of anilines is 1. The molecule has 0 heterocycles. The van der Waals surface area contributed by atoms with Crippen LogP contribution in [0.3, 0.4) is 0 Å². The summed E-state index contributed by atoms with van der Waals surface area (Å²) in [4.78, 5) is 0. The Bertz CT molecular complexity index is 567. The summed E-state index contributed by atoms with van der Waals surface area (Å²) < 4.78 is 11.6. The SMILES string of the molecule is CCCOc1cc(N)cc(Oc2ccccc2CC)c1. The van der Waals surface area contributed by atoms with Gasteiger partial charge in [0, 0.05) is 23.9 Å². The fourth-order valence-corrected chi connectivity index (χ4v) is 1.98. The van der Waals surface area contributed by atoms with E-state index in [-0.39, 0.29) is 0 Å². The van der Waals surface area contributed by atoms with Gasteiger partial charge in [0.2, 0.25) is 0 Å². The second-order valence-corrected chi connectivity index (χ2v) is 4.65. The van der Waals surface area contributed by atoms with Gasteiger partial charge in [0.1, 0.15) is 17.2 Å². The van der Waals surface area contributed by atoms with Gasteiger partial charge in [-0.1, -0.05) is 32.0 Å². The lowest BCUT2D eigenvalue weighted by Gasteiger charge is -2.12. The first-order chi connectivity index (χ1) is 9.72. The molecule has 0 spiro atoms. The van der Waals surface area contributed by atoms with E-state index in [1.807, 2.05) is 36.4 Å². The highest BCUT2D eigenvalue weighted by Gasteiger charge is 2.05. The van der Waals surface area contributed by atoms with Gasteiger partial charge >= 0.3 is 0 Å². The second kappa shape index (κ2) is 6.85. The lowest BCUT2D eigenvalue weighted by Crippen LogP contribution is -1.97. The van der Waals surface area contributed by atoms with E-state index in [4.69, 9.17) is 15.2 Å². The molecule has 0 atom stereocenters. The van der Waals surface area contributed by atoms with Gasteiger partial charge < -0.3 is 15.2 Å². The van der Waals surface area contributed by atoms with E-state index < -0.39 is 0 Å². The summed E-state index contributed by atoms with van der Waals surface area (Å²) in [5.74, 6) is 2.31. The average molecular weight is 271 g/mol. The number of nitrogens with two attached hydrogens (primary N) is 1. The van der Waals surface area contributed by atoms with Crippen molar-refractivity contribution in [1.29, 1.82) is 0 Å². The molecule has 0 saturated carbocycles. The van der Waals surface area contributed by atoms with Crippen molar-refractivity contribution in [3.8, 4) is 17.2 Å². The largest absolute Gasteiger partial charge is 0.493 e. The predicted octanol–water partition coefficient (Wildman–Crippen LogP) is 4.41. The number of hydrogen-bond donors (Lipinski definition) is 1. The van der Waals surface area contributed by atoms with Crippen molar-refractivity contribution in [2.45, 2.75) is 26.7 Å². The lowest BCUT2D eigenvalue weighted by molar-refractivity contribution is 0.316. The van der Waals surface area contributed by atoms with Crippen molar-refractivity contribution in [2.75, 3.05) is 12.3 Å². The molecule has 0 aliphatic carbocycles. The topological polar surface area (TPSA) is 44.5 Å². The number of rotatable bonds is 6. The van der Waals surface area contributed by atoms with Gasteiger partial charge in [-0.15, -0.1) is 0 Å². The van der Waals surface area contributed by atoms with Gasteiger partial charge in [0.05, 0.1) is 6.61 Å². The van der Waals surface area contributed by atoms with E-state index in [1.54, 1.807) is 0 Å². The Morgan fingerprint density at radius 1 is 1.00 bits per heavy atom. The normalized spacial score (nSPS) is 10.3. The van der Waals surface area contributed by atoms with Crippen LogP contribution < -0.4 is 15.2 Å². The predicted molar refractivity (Wildman–Crippen MR) is 82.5 cm³/mol. The molecule has 0 amide bonds. The van der Waals surface area contributed by atoms with Crippen molar-refractivity contribution in [1.82, 2.24) is 0 Å². The quantitative estimate of drug-likeness (QED) is 0.791. The Morgan fingerprint density at radius 2 is 1.75 bits per heavy atom. The Kier molecular flexibility index (Phi) is 4.88. The molecule has 20 heavy (non-hydrogen) atoms. The smallest absolute Gasteiger partial charge is 0.133 e. The third-order valence-electron chi connectivity index (χ3n) is 2.96. The van der Waals surface area contributed by atoms with Crippen LogP contribution in [0.1, 0.15) is 25.8 Å². The molecule has 0 aliphatic heterocycles. The highest BCUT2D eigenvalue weighted by Crippen LogP contribution is 2.30. The van der Waals surface area contributed by atoms with E-state index in [1.165, 1.54) is 5.56 Å². The minimum Gasteiger partial charge on any atom is -0.493 e. The number of aryl methyl sites for hydroxylation is 1. The minimum absolute atomic E-state index is 0.641. The molecule has 106 valence electrons. The molecule has 0 fully saturated rings. The molecular formula is C17H21NO2. The van der Waals surface area contributed by atoms with Crippen LogP contribution in [-0.4, -0.2) is 6.61 Å².